The van der Waals surface area contributed by atoms with Gasteiger partial charge in [-0.15, -0.1) is 0 Å². The van der Waals surface area contributed by atoms with E-state index in [-0.39, 0.29) is 6.04 Å². The zero-order valence-electron chi connectivity index (χ0n) is 11.6. The SMILES string of the molecule is CCC(O)(c1ccc(F)cn1)c1c(Cl)cnn1C(C)C. The summed E-state index contributed by atoms with van der Waals surface area (Å²) < 4.78 is 14.7. The van der Waals surface area contributed by atoms with Crippen LogP contribution in [0, 0.1) is 5.82 Å². The average molecular weight is 298 g/mol. The van der Waals surface area contributed by atoms with Crippen LogP contribution in [0.2, 0.25) is 5.02 Å². The molecule has 6 heteroatoms. The van der Waals surface area contributed by atoms with Crippen molar-refractivity contribution in [3.63, 3.8) is 0 Å². The molecule has 1 unspecified atom stereocenters. The van der Waals surface area contributed by atoms with Crippen LogP contribution in [0.4, 0.5) is 4.39 Å². The minimum atomic E-state index is -1.40. The van der Waals surface area contributed by atoms with E-state index < -0.39 is 11.4 Å². The monoisotopic (exact) mass is 297 g/mol. The summed E-state index contributed by atoms with van der Waals surface area (Å²) in [6.07, 6.45) is 2.94. The second-order valence-corrected chi connectivity index (χ2v) is 5.36. The molecule has 2 aromatic heterocycles. The maximum atomic E-state index is 13.0. The molecule has 0 aliphatic heterocycles. The van der Waals surface area contributed by atoms with Crippen molar-refractivity contribution in [3.8, 4) is 0 Å². The van der Waals surface area contributed by atoms with E-state index in [1.165, 1.54) is 18.3 Å². The zero-order chi connectivity index (χ0) is 14.9. The molecule has 20 heavy (non-hydrogen) atoms. The molecule has 108 valence electrons. The second kappa shape index (κ2) is 5.50. The number of hydrogen-bond acceptors (Lipinski definition) is 3. The van der Waals surface area contributed by atoms with Crippen LogP contribution in [0.3, 0.4) is 0 Å². The number of aromatic nitrogens is 3. The maximum Gasteiger partial charge on any atom is 0.149 e. The van der Waals surface area contributed by atoms with E-state index in [0.717, 1.165) is 6.20 Å². The third kappa shape index (κ3) is 2.43. The summed E-state index contributed by atoms with van der Waals surface area (Å²) in [6, 6.07) is 2.77. The highest BCUT2D eigenvalue weighted by Crippen LogP contribution is 2.37. The smallest absolute Gasteiger partial charge is 0.149 e. The Balaban J connectivity index is 2.61. The molecule has 0 saturated carbocycles. The van der Waals surface area contributed by atoms with Crippen LogP contribution in [0.5, 0.6) is 0 Å². The van der Waals surface area contributed by atoms with Crippen LogP contribution in [0.15, 0.2) is 24.5 Å². The Bertz CT molecular complexity index is 597. The molecule has 0 saturated heterocycles. The summed E-state index contributed by atoms with van der Waals surface area (Å²) in [7, 11) is 0. The molecule has 0 radical (unpaired) electrons. The fraction of sp³-hybridized carbons (Fsp3) is 0.429. The molecule has 0 aliphatic carbocycles. The Morgan fingerprint density at radius 2 is 2.10 bits per heavy atom. The van der Waals surface area contributed by atoms with Gasteiger partial charge in [0, 0.05) is 6.04 Å². The first-order valence-corrected chi connectivity index (χ1v) is 6.85. The van der Waals surface area contributed by atoms with Gasteiger partial charge in [-0.05, 0) is 32.4 Å². The Kier molecular flexibility index (Phi) is 4.11. The van der Waals surface area contributed by atoms with Crippen molar-refractivity contribution in [2.24, 2.45) is 0 Å². The van der Waals surface area contributed by atoms with Gasteiger partial charge < -0.3 is 5.11 Å². The third-order valence-electron chi connectivity index (χ3n) is 3.29. The summed E-state index contributed by atoms with van der Waals surface area (Å²) in [6.45, 7) is 5.71. The molecule has 2 aromatic rings. The van der Waals surface area contributed by atoms with Gasteiger partial charge in [0.1, 0.15) is 11.4 Å². The molecule has 0 aromatic carbocycles. The average Bonchev–Trinajstić information content (AvgIpc) is 2.81. The van der Waals surface area contributed by atoms with Crippen LogP contribution < -0.4 is 0 Å². The predicted octanol–water partition coefficient (Wildman–Crippen LogP) is 3.30. The fourth-order valence-corrected chi connectivity index (χ4v) is 2.50. The zero-order valence-corrected chi connectivity index (χ0v) is 12.4. The highest BCUT2D eigenvalue weighted by Gasteiger charge is 2.37. The number of nitrogens with zero attached hydrogens (tertiary/aromatic N) is 3. The Hall–Kier alpha value is -1.46. The molecule has 4 nitrogen and oxygen atoms in total. The predicted molar refractivity (Wildman–Crippen MR) is 75.1 cm³/mol. The van der Waals surface area contributed by atoms with E-state index in [4.69, 9.17) is 11.6 Å². The first-order chi connectivity index (χ1) is 9.40. The normalized spacial score (nSPS) is 14.6. The van der Waals surface area contributed by atoms with Gasteiger partial charge in [0.15, 0.2) is 0 Å². The topological polar surface area (TPSA) is 50.9 Å². The van der Waals surface area contributed by atoms with Gasteiger partial charge in [-0.1, -0.05) is 18.5 Å². The molecule has 0 bridgehead atoms. The minimum absolute atomic E-state index is 0.0380. The van der Waals surface area contributed by atoms with Crippen LogP contribution in [0.25, 0.3) is 0 Å². The van der Waals surface area contributed by atoms with E-state index in [2.05, 4.69) is 10.1 Å². The van der Waals surface area contributed by atoms with Gasteiger partial charge in [0.25, 0.3) is 0 Å². The minimum Gasteiger partial charge on any atom is -0.377 e. The summed E-state index contributed by atoms with van der Waals surface area (Å²) >= 11 is 6.19. The number of pyridine rings is 1. The third-order valence-corrected chi connectivity index (χ3v) is 3.57. The highest BCUT2D eigenvalue weighted by molar-refractivity contribution is 6.31. The van der Waals surface area contributed by atoms with Crippen molar-refractivity contribution in [1.82, 2.24) is 14.8 Å². The standard InChI is InChI=1S/C14H17ClFN3O/c1-4-14(20,12-6-5-10(16)7-17-12)13-11(15)8-18-19(13)9(2)3/h5-9,20H,4H2,1-3H3. The van der Waals surface area contributed by atoms with E-state index in [9.17, 15) is 9.50 Å². The maximum absolute atomic E-state index is 13.0. The van der Waals surface area contributed by atoms with Crippen molar-refractivity contribution in [2.75, 3.05) is 0 Å². The summed E-state index contributed by atoms with van der Waals surface area (Å²) in [5, 5.41) is 15.6. The lowest BCUT2D eigenvalue weighted by atomic mass is 9.91. The molecular formula is C14H17ClFN3O. The van der Waals surface area contributed by atoms with Gasteiger partial charge >= 0.3 is 0 Å². The molecule has 1 N–H and O–H groups in total. The van der Waals surface area contributed by atoms with Gasteiger partial charge in [-0.2, -0.15) is 5.10 Å². The van der Waals surface area contributed by atoms with Crippen molar-refractivity contribution in [1.29, 1.82) is 0 Å². The van der Waals surface area contributed by atoms with E-state index in [0.29, 0.717) is 22.8 Å². The lowest BCUT2D eigenvalue weighted by Gasteiger charge is -2.28. The Labute approximate surface area is 122 Å². The summed E-state index contributed by atoms with van der Waals surface area (Å²) in [5.74, 6) is -0.448. The van der Waals surface area contributed by atoms with E-state index in [1.54, 1.807) is 4.68 Å². The number of halogens is 2. The van der Waals surface area contributed by atoms with E-state index >= 15 is 0 Å². The number of aliphatic hydroxyl groups is 1. The van der Waals surface area contributed by atoms with Crippen molar-refractivity contribution >= 4 is 11.6 Å². The van der Waals surface area contributed by atoms with Gasteiger partial charge in [-0.3, -0.25) is 9.67 Å². The van der Waals surface area contributed by atoms with Crippen molar-refractivity contribution < 1.29 is 9.50 Å². The Morgan fingerprint density at radius 3 is 2.60 bits per heavy atom. The van der Waals surface area contributed by atoms with Crippen LogP contribution in [-0.2, 0) is 5.60 Å². The van der Waals surface area contributed by atoms with Crippen LogP contribution in [0.1, 0.15) is 44.6 Å². The summed E-state index contributed by atoms with van der Waals surface area (Å²) in [5.41, 5.74) is -0.563. The summed E-state index contributed by atoms with van der Waals surface area (Å²) in [4.78, 5) is 3.99. The molecule has 0 amide bonds. The molecular weight excluding hydrogens is 281 g/mol. The second-order valence-electron chi connectivity index (χ2n) is 4.95. The number of rotatable bonds is 4. The van der Waals surface area contributed by atoms with Crippen LogP contribution >= 0.6 is 11.6 Å². The van der Waals surface area contributed by atoms with Gasteiger partial charge in [-0.25, -0.2) is 4.39 Å². The quantitative estimate of drug-likeness (QED) is 0.942. The lowest BCUT2D eigenvalue weighted by Crippen LogP contribution is -2.32. The van der Waals surface area contributed by atoms with Crippen molar-refractivity contribution in [3.05, 3.63) is 46.8 Å². The van der Waals surface area contributed by atoms with Crippen molar-refractivity contribution in [2.45, 2.75) is 38.8 Å². The molecule has 2 rings (SSSR count). The molecule has 1 atom stereocenters. The van der Waals surface area contributed by atoms with E-state index in [1.807, 2.05) is 20.8 Å². The molecule has 0 spiro atoms. The van der Waals surface area contributed by atoms with Crippen LogP contribution in [-0.4, -0.2) is 19.9 Å². The molecule has 0 fully saturated rings. The first kappa shape index (κ1) is 14.9. The number of hydrogen-bond donors (Lipinski definition) is 1. The highest BCUT2D eigenvalue weighted by atomic mass is 35.5. The van der Waals surface area contributed by atoms with Gasteiger partial charge in [0.2, 0.25) is 0 Å². The fourth-order valence-electron chi connectivity index (χ4n) is 2.21. The molecule has 2 heterocycles. The Morgan fingerprint density at radius 1 is 1.40 bits per heavy atom. The van der Waals surface area contributed by atoms with Gasteiger partial charge in [0.05, 0.1) is 28.8 Å². The lowest BCUT2D eigenvalue weighted by molar-refractivity contribution is 0.0607. The largest absolute Gasteiger partial charge is 0.377 e. The first-order valence-electron chi connectivity index (χ1n) is 6.48. The molecule has 0 aliphatic rings.